The average Bonchev–Trinajstić information content (AvgIpc) is 2.81. The number of aliphatic hydroxyl groups is 1. The normalized spacial score (nSPS) is 26.3. The van der Waals surface area contributed by atoms with E-state index < -0.39 is 0 Å². The molecule has 2 atom stereocenters. The van der Waals surface area contributed by atoms with Crippen molar-refractivity contribution >= 4 is 0 Å². The zero-order valence-electron chi connectivity index (χ0n) is 8.97. The molecular weight excluding hydrogens is 160 g/mol. The predicted molar refractivity (Wildman–Crippen MR) is 56.7 cm³/mol. The van der Waals surface area contributed by atoms with Crippen molar-refractivity contribution < 1.29 is 5.11 Å². The molecule has 1 rings (SSSR count). The molecule has 1 heteroatoms. The second kappa shape index (κ2) is 6.42. The highest BCUT2D eigenvalue weighted by molar-refractivity contribution is 4.81. The van der Waals surface area contributed by atoms with Gasteiger partial charge in [0.1, 0.15) is 0 Å². The predicted octanol–water partition coefficient (Wildman–Crippen LogP) is 3.37. The van der Waals surface area contributed by atoms with Gasteiger partial charge in [0.15, 0.2) is 0 Å². The van der Waals surface area contributed by atoms with Gasteiger partial charge in [0.05, 0.1) is 0 Å². The summed E-state index contributed by atoms with van der Waals surface area (Å²) in [6.07, 6.45) is 10.7. The first kappa shape index (κ1) is 11.0. The molecule has 1 N–H and O–H groups in total. The van der Waals surface area contributed by atoms with Crippen LogP contribution in [0.1, 0.15) is 58.3 Å². The van der Waals surface area contributed by atoms with Crippen molar-refractivity contribution in [2.24, 2.45) is 11.8 Å². The highest BCUT2D eigenvalue weighted by atomic mass is 16.2. The zero-order chi connectivity index (χ0) is 9.52. The lowest BCUT2D eigenvalue weighted by molar-refractivity contribution is 0.282. The number of hydrogen-bond acceptors (Lipinski definition) is 1. The SMILES string of the molecule is CC1CC1CCCCCCCCO. The van der Waals surface area contributed by atoms with E-state index >= 15 is 0 Å². The lowest BCUT2D eigenvalue weighted by atomic mass is 10.1. The monoisotopic (exact) mass is 184 g/mol. The zero-order valence-corrected chi connectivity index (χ0v) is 8.97. The van der Waals surface area contributed by atoms with Gasteiger partial charge in [-0.05, 0) is 24.7 Å². The Bertz CT molecular complexity index is 122. The molecule has 1 fully saturated rings. The highest BCUT2D eigenvalue weighted by Crippen LogP contribution is 2.41. The maximum absolute atomic E-state index is 8.58. The topological polar surface area (TPSA) is 20.2 Å². The van der Waals surface area contributed by atoms with E-state index in [0.717, 1.165) is 18.3 Å². The quantitative estimate of drug-likeness (QED) is 0.573. The molecule has 0 aromatic heterocycles. The maximum atomic E-state index is 8.58. The van der Waals surface area contributed by atoms with E-state index in [1.165, 1.54) is 44.9 Å². The first-order valence-electron chi connectivity index (χ1n) is 5.95. The molecule has 78 valence electrons. The number of aliphatic hydroxyl groups excluding tert-OH is 1. The van der Waals surface area contributed by atoms with Crippen LogP contribution in [-0.2, 0) is 0 Å². The van der Waals surface area contributed by atoms with Gasteiger partial charge >= 0.3 is 0 Å². The molecule has 0 aliphatic heterocycles. The van der Waals surface area contributed by atoms with Gasteiger partial charge in [0, 0.05) is 6.61 Å². The average molecular weight is 184 g/mol. The molecule has 0 amide bonds. The van der Waals surface area contributed by atoms with Crippen molar-refractivity contribution in [3.8, 4) is 0 Å². The van der Waals surface area contributed by atoms with Gasteiger partial charge in [-0.15, -0.1) is 0 Å². The summed E-state index contributed by atoms with van der Waals surface area (Å²) in [6.45, 7) is 2.74. The van der Waals surface area contributed by atoms with Crippen LogP contribution in [0.5, 0.6) is 0 Å². The van der Waals surface area contributed by atoms with Crippen LogP contribution in [0.4, 0.5) is 0 Å². The van der Waals surface area contributed by atoms with Crippen LogP contribution in [0, 0.1) is 11.8 Å². The van der Waals surface area contributed by atoms with Crippen molar-refractivity contribution in [3.05, 3.63) is 0 Å². The molecule has 0 aromatic carbocycles. The molecule has 2 unspecified atom stereocenters. The first-order valence-corrected chi connectivity index (χ1v) is 5.95. The summed E-state index contributed by atoms with van der Waals surface area (Å²) in [5, 5.41) is 8.58. The molecule has 1 saturated carbocycles. The number of rotatable bonds is 8. The highest BCUT2D eigenvalue weighted by Gasteiger charge is 2.31. The minimum Gasteiger partial charge on any atom is -0.396 e. The van der Waals surface area contributed by atoms with Crippen molar-refractivity contribution in [2.75, 3.05) is 6.61 Å². The molecule has 1 nitrogen and oxygen atoms in total. The molecule has 0 radical (unpaired) electrons. The summed E-state index contributed by atoms with van der Waals surface area (Å²) in [6, 6.07) is 0. The lowest BCUT2D eigenvalue weighted by Crippen LogP contribution is -1.85. The third kappa shape index (κ3) is 5.30. The van der Waals surface area contributed by atoms with E-state index in [-0.39, 0.29) is 0 Å². The fourth-order valence-corrected chi connectivity index (χ4v) is 2.03. The molecule has 13 heavy (non-hydrogen) atoms. The third-order valence-corrected chi connectivity index (χ3v) is 3.26. The smallest absolute Gasteiger partial charge is 0.0431 e. The molecule has 0 aromatic rings. The summed E-state index contributed by atoms with van der Waals surface area (Å²) in [7, 11) is 0. The molecule has 0 bridgehead atoms. The Morgan fingerprint density at radius 2 is 1.54 bits per heavy atom. The molecule has 1 aliphatic carbocycles. The van der Waals surface area contributed by atoms with E-state index in [1.54, 1.807) is 0 Å². The Labute approximate surface area is 82.5 Å². The van der Waals surface area contributed by atoms with Crippen molar-refractivity contribution in [1.82, 2.24) is 0 Å². The van der Waals surface area contributed by atoms with Gasteiger partial charge < -0.3 is 5.11 Å². The number of hydrogen-bond donors (Lipinski definition) is 1. The van der Waals surface area contributed by atoms with Gasteiger partial charge in [-0.3, -0.25) is 0 Å². The van der Waals surface area contributed by atoms with Crippen LogP contribution < -0.4 is 0 Å². The van der Waals surface area contributed by atoms with E-state index in [4.69, 9.17) is 5.11 Å². The Kier molecular flexibility index (Phi) is 5.45. The van der Waals surface area contributed by atoms with Gasteiger partial charge in [-0.1, -0.05) is 45.4 Å². The van der Waals surface area contributed by atoms with Crippen LogP contribution in [0.3, 0.4) is 0 Å². The van der Waals surface area contributed by atoms with Crippen LogP contribution in [0.25, 0.3) is 0 Å². The van der Waals surface area contributed by atoms with Gasteiger partial charge in [0.2, 0.25) is 0 Å². The van der Waals surface area contributed by atoms with E-state index in [9.17, 15) is 0 Å². The third-order valence-electron chi connectivity index (χ3n) is 3.26. The molecule has 0 saturated heterocycles. The Hall–Kier alpha value is -0.0400. The van der Waals surface area contributed by atoms with Crippen LogP contribution in [0.2, 0.25) is 0 Å². The van der Waals surface area contributed by atoms with E-state index in [0.29, 0.717) is 6.61 Å². The molecular formula is C12H24O. The van der Waals surface area contributed by atoms with Crippen LogP contribution >= 0.6 is 0 Å². The van der Waals surface area contributed by atoms with Crippen molar-refractivity contribution in [3.63, 3.8) is 0 Å². The lowest BCUT2D eigenvalue weighted by Gasteiger charge is -2.00. The summed E-state index contributed by atoms with van der Waals surface area (Å²) in [5.74, 6) is 2.12. The van der Waals surface area contributed by atoms with Crippen LogP contribution in [-0.4, -0.2) is 11.7 Å². The molecule has 0 spiro atoms. The standard InChI is InChI=1S/C12H24O/c1-11-10-12(11)8-6-4-2-3-5-7-9-13/h11-13H,2-10H2,1H3. The van der Waals surface area contributed by atoms with Crippen molar-refractivity contribution in [2.45, 2.75) is 58.3 Å². The number of unbranched alkanes of at least 4 members (excludes halogenated alkanes) is 5. The molecule has 0 heterocycles. The van der Waals surface area contributed by atoms with E-state index in [1.807, 2.05) is 0 Å². The Morgan fingerprint density at radius 3 is 2.08 bits per heavy atom. The second-order valence-corrected chi connectivity index (χ2v) is 4.61. The summed E-state index contributed by atoms with van der Waals surface area (Å²) < 4.78 is 0. The molecule has 1 aliphatic rings. The Morgan fingerprint density at radius 1 is 1.00 bits per heavy atom. The fraction of sp³-hybridized carbons (Fsp3) is 1.00. The fourth-order valence-electron chi connectivity index (χ4n) is 2.03. The minimum atomic E-state index is 0.375. The second-order valence-electron chi connectivity index (χ2n) is 4.61. The van der Waals surface area contributed by atoms with Crippen molar-refractivity contribution in [1.29, 1.82) is 0 Å². The summed E-state index contributed by atoms with van der Waals surface area (Å²) in [4.78, 5) is 0. The van der Waals surface area contributed by atoms with Gasteiger partial charge in [-0.25, -0.2) is 0 Å². The van der Waals surface area contributed by atoms with Gasteiger partial charge in [0.25, 0.3) is 0 Å². The summed E-state index contributed by atoms with van der Waals surface area (Å²) >= 11 is 0. The largest absolute Gasteiger partial charge is 0.396 e. The van der Waals surface area contributed by atoms with E-state index in [2.05, 4.69) is 6.92 Å². The minimum absolute atomic E-state index is 0.375. The Balaban J connectivity index is 1.69. The summed E-state index contributed by atoms with van der Waals surface area (Å²) in [5.41, 5.74) is 0. The maximum Gasteiger partial charge on any atom is 0.0431 e. The van der Waals surface area contributed by atoms with Crippen LogP contribution in [0.15, 0.2) is 0 Å². The van der Waals surface area contributed by atoms with Gasteiger partial charge in [-0.2, -0.15) is 0 Å². The first-order chi connectivity index (χ1) is 6.34.